The second kappa shape index (κ2) is 6.60. The second-order valence-corrected chi connectivity index (χ2v) is 5.62. The van der Waals surface area contributed by atoms with E-state index in [0.717, 1.165) is 5.56 Å². The normalized spacial score (nSPS) is 10.6. The number of rotatable bonds is 3. The molecule has 0 atom stereocenters. The molecule has 4 rings (SSSR count). The SMILES string of the molecule is O=C(Nn1c(-c2ccccc2)nc2ccccc2c1=O)c1ccccn1. The Morgan fingerprint density at radius 1 is 0.885 bits per heavy atom. The van der Waals surface area contributed by atoms with Crippen molar-refractivity contribution in [1.29, 1.82) is 0 Å². The van der Waals surface area contributed by atoms with Crippen LogP contribution in [0.25, 0.3) is 22.3 Å². The first-order chi connectivity index (χ1) is 12.7. The molecule has 1 amide bonds. The zero-order valence-electron chi connectivity index (χ0n) is 13.7. The molecule has 2 heterocycles. The lowest BCUT2D eigenvalue weighted by Gasteiger charge is -2.14. The van der Waals surface area contributed by atoms with Gasteiger partial charge in [-0.15, -0.1) is 0 Å². The van der Waals surface area contributed by atoms with Crippen LogP contribution in [0.1, 0.15) is 10.5 Å². The largest absolute Gasteiger partial charge is 0.288 e. The molecule has 6 nitrogen and oxygen atoms in total. The Morgan fingerprint density at radius 3 is 2.38 bits per heavy atom. The van der Waals surface area contributed by atoms with Crippen LogP contribution in [-0.4, -0.2) is 20.6 Å². The first-order valence-corrected chi connectivity index (χ1v) is 8.03. The van der Waals surface area contributed by atoms with Gasteiger partial charge in [0.15, 0.2) is 5.82 Å². The maximum absolute atomic E-state index is 13.0. The molecule has 0 bridgehead atoms. The maximum Gasteiger partial charge on any atom is 0.288 e. The number of hydrogen-bond acceptors (Lipinski definition) is 4. The molecule has 126 valence electrons. The number of pyridine rings is 1. The first-order valence-electron chi connectivity index (χ1n) is 8.03. The number of fused-ring (bicyclic) bond motifs is 1. The molecule has 2 aromatic carbocycles. The molecule has 6 heteroatoms. The van der Waals surface area contributed by atoms with Gasteiger partial charge in [-0.1, -0.05) is 48.5 Å². The summed E-state index contributed by atoms with van der Waals surface area (Å²) in [6, 6.07) is 21.3. The summed E-state index contributed by atoms with van der Waals surface area (Å²) >= 11 is 0. The standard InChI is InChI=1S/C20H14N4O2/c25-19(17-12-6-7-13-21-17)23-24-18(14-8-2-1-3-9-14)22-16-11-5-4-10-15(16)20(24)26/h1-13H,(H,23,25). The van der Waals surface area contributed by atoms with Crippen LogP contribution >= 0.6 is 0 Å². The number of carbonyl (C=O) groups is 1. The van der Waals surface area contributed by atoms with Crippen LogP contribution in [0.5, 0.6) is 0 Å². The lowest BCUT2D eigenvalue weighted by Crippen LogP contribution is -2.35. The molecule has 0 aliphatic heterocycles. The molecule has 26 heavy (non-hydrogen) atoms. The van der Waals surface area contributed by atoms with Gasteiger partial charge in [0.1, 0.15) is 5.69 Å². The van der Waals surface area contributed by atoms with Gasteiger partial charge in [0, 0.05) is 11.8 Å². The summed E-state index contributed by atoms with van der Waals surface area (Å²) in [5, 5.41) is 0.425. The van der Waals surface area contributed by atoms with E-state index >= 15 is 0 Å². The highest BCUT2D eigenvalue weighted by Crippen LogP contribution is 2.17. The Kier molecular flexibility index (Phi) is 3.99. The fourth-order valence-electron chi connectivity index (χ4n) is 2.67. The van der Waals surface area contributed by atoms with E-state index in [9.17, 15) is 9.59 Å². The van der Waals surface area contributed by atoms with Gasteiger partial charge in [-0.3, -0.25) is 20.0 Å². The predicted molar refractivity (Wildman–Crippen MR) is 99.4 cm³/mol. The topological polar surface area (TPSA) is 76.9 Å². The number of carbonyl (C=O) groups excluding carboxylic acids is 1. The van der Waals surface area contributed by atoms with E-state index in [1.807, 2.05) is 36.4 Å². The van der Waals surface area contributed by atoms with Gasteiger partial charge in [-0.25, -0.2) is 4.98 Å². The van der Waals surface area contributed by atoms with Crippen molar-refractivity contribution in [3.05, 3.63) is 95.0 Å². The van der Waals surface area contributed by atoms with Crippen LogP contribution in [0.15, 0.2) is 83.8 Å². The molecule has 0 saturated heterocycles. The molecule has 0 saturated carbocycles. The van der Waals surface area contributed by atoms with E-state index in [-0.39, 0.29) is 11.3 Å². The van der Waals surface area contributed by atoms with Crippen LogP contribution in [0.3, 0.4) is 0 Å². The molecule has 2 aromatic heterocycles. The molecule has 0 spiro atoms. The van der Waals surface area contributed by atoms with Crippen molar-refractivity contribution in [2.45, 2.75) is 0 Å². The van der Waals surface area contributed by atoms with E-state index in [1.165, 1.54) is 10.9 Å². The van der Waals surface area contributed by atoms with Crippen molar-refractivity contribution in [2.75, 3.05) is 5.43 Å². The van der Waals surface area contributed by atoms with Crippen molar-refractivity contribution >= 4 is 16.8 Å². The molecule has 0 unspecified atom stereocenters. The monoisotopic (exact) mass is 342 g/mol. The molecule has 0 radical (unpaired) electrons. The Balaban J connectivity index is 1.90. The number of para-hydroxylation sites is 1. The van der Waals surface area contributed by atoms with Gasteiger partial charge in [0.2, 0.25) is 0 Å². The van der Waals surface area contributed by atoms with E-state index < -0.39 is 5.91 Å². The summed E-state index contributed by atoms with van der Waals surface area (Å²) in [5.41, 5.74) is 3.78. The summed E-state index contributed by atoms with van der Waals surface area (Å²) in [6.45, 7) is 0. The minimum atomic E-state index is -0.484. The first kappa shape index (κ1) is 15.7. The van der Waals surface area contributed by atoms with E-state index in [4.69, 9.17) is 0 Å². The van der Waals surface area contributed by atoms with Crippen molar-refractivity contribution in [1.82, 2.24) is 14.6 Å². The molecule has 0 aliphatic carbocycles. The zero-order chi connectivity index (χ0) is 17.9. The quantitative estimate of drug-likeness (QED) is 0.621. The van der Waals surface area contributed by atoms with Crippen molar-refractivity contribution < 1.29 is 4.79 Å². The van der Waals surface area contributed by atoms with Gasteiger partial charge in [0.05, 0.1) is 10.9 Å². The second-order valence-electron chi connectivity index (χ2n) is 5.62. The lowest BCUT2D eigenvalue weighted by atomic mass is 10.2. The number of hydrogen-bond donors (Lipinski definition) is 1. The maximum atomic E-state index is 13.0. The Labute approximate surface area is 148 Å². The van der Waals surface area contributed by atoms with Gasteiger partial charge in [0.25, 0.3) is 11.5 Å². The zero-order valence-corrected chi connectivity index (χ0v) is 13.7. The third kappa shape index (κ3) is 2.84. The van der Waals surface area contributed by atoms with Crippen molar-refractivity contribution in [3.63, 3.8) is 0 Å². The summed E-state index contributed by atoms with van der Waals surface area (Å²) < 4.78 is 1.18. The summed E-state index contributed by atoms with van der Waals surface area (Å²) in [4.78, 5) is 34.1. The summed E-state index contributed by atoms with van der Waals surface area (Å²) in [5.74, 6) is -0.124. The number of nitrogens with zero attached hydrogens (tertiary/aromatic N) is 3. The molecule has 0 fully saturated rings. The van der Waals surface area contributed by atoms with Crippen molar-refractivity contribution in [2.24, 2.45) is 0 Å². The van der Waals surface area contributed by atoms with Gasteiger partial charge >= 0.3 is 0 Å². The van der Waals surface area contributed by atoms with Crippen LogP contribution in [-0.2, 0) is 0 Å². The van der Waals surface area contributed by atoms with Gasteiger partial charge in [-0.2, -0.15) is 4.68 Å². The molecular formula is C20H14N4O2. The average Bonchev–Trinajstić information content (AvgIpc) is 2.71. The summed E-state index contributed by atoms with van der Waals surface area (Å²) in [7, 11) is 0. The minimum absolute atomic E-state index is 0.214. The number of nitrogens with one attached hydrogen (secondary N) is 1. The third-order valence-corrected chi connectivity index (χ3v) is 3.92. The summed E-state index contributed by atoms with van der Waals surface area (Å²) in [6.07, 6.45) is 1.52. The Morgan fingerprint density at radius 2 is 1.62 bits per heavy atom. The Bertz CT molecular complexity index is 1140. The van der Waals surface area contributed by atoms with Crippen LogP contribution in [0.4, 0.5) is 0 Å². The number of amides is 1. The van der Waals surface area contributed by atoms with E-state index in [0.29, 0.717) is 16.7 Å². The van der Waals surface area contributed by atoms with E-state index in [2.05, 4.69) is 15.4 Å². The highest BCUT2D eigenvalue weighted by atomic mass is 16.2. The average molecular weight is 342 g/mol. The number of benzene rings is 2. The highest BCUT2D eigenvalue weighted by Gasteiger charge is 2.16. The van der Waals surface area contributed by atoms with E-state index in [1.54, 1.807) is 36.4 Å². The predicted octanol–water partition coefficient (Wildman–Crippen LogP) is 2.84. The fraction of sp³-hybridized carbons (Fsp3) is 0. The smallest absolute Gasteiger partial charge is 0.267 e. The highest BCUT2D eigenvalue weighted by molar-refractivity contribution is 5.98. The molecule has 1 N–H and O–H groups in total. The van der Waals surface area contributed by atoms with Crippen LogP contribution in [0.2, 0.25) is 0 Å². The Hall–Kier alpha value is -3.80. The molecular weight excluding hydrogens is 328 g/mol. The number of aromatic nitrogens is 3. The van der Waals surface area contributed by atoms with Crippen molar-refractivity contribution in [3.8, 4) is 11.4 Å². The minimum Gasteiger partial charge on any atom is -0.267 e. The lowest BCUT2D eigenvalue weighted by molar-refractivity contribution is 0.100. The fourth-order valence-corrected chi connectivity index (χ4v) is 2.67. The molecule has 4 aromatic rings. The third-order valence-electron chi connectivity index (χ3n) is 3.92. The molecule has 0 aliphatic rings. The van der Waals surface area contributed by atoms with Crippen LogP contribution in [0, 0.1) is 0 Å². The van der Waals surface area contributed by atoms with Gasteiger partial charge in [-0.05, 0) is 24.3 Å². The van der Waals surface area contributed by atoms with Crippen LogP contribution < -0.4 is 11.0 Å². The van der Waals surface area contributed by atoms with Gasteiger partial charge < -0.3 is 0 Å².